The number of halogens is 2. The second-order valence-corrected chi connectivity index (χ2v) is 6.09. The average Bonchev–Trinajstić information content (AvgIpc) is 2.51. The number of carbonyl (C=O) groups is 1. The Morgan fingerprint density at radius 3 is 2.43 bits per heavy atom. The van der Waals surface area contributed by atoms with Crippen LogP contribution in [0.4, 0.5) is 0 Å². The lowest BCUT2D eigenvalue weighted by Crippen LogP contribution is -2.12. The van der Waals surface area contributed by atoms with Crippen LogP contribution in [0, 0.1) is 11.3 Å². The second-order valence-electron chi connectivity index (χ2n) is 4.32. The highest BCUT2D eigenvalue weighted by Gasteiger charge is 2.23. The van der Waals surface area contributed by atoms with Gasteiger partial charge in [-0.15, -0.1) is 0 Å². The molecule has 0 radical (unpaired) electrons. The van der Waals surface area contributed by atoms with E-state index in [1.165, 1.54) is 0 Å². The molecule has 21 heavy (non-hydrogen) atoms. The van der Waals surface area contributed by atoms with E-state index in [2.05, 4.69) is 37.9 Å². The van der Waals surface area contributed by atoms with Crippen molar-refractivity contribution in [2.75, 3.05) is 7.11 Å². The summed E-state index contributed by atoms with van der Waals surface area (Å²) in [5, 5.41) is 9.37. The maximum Gasteiger partial charge on any atom is 0.185 e. The van der Waals surface area contributed by atoms with Crippen LogP contribution in [-0.2, 0) is 0 Å². The van der Waals surface area contributed by atoms with E-state index in [9.17, 15) is 10.1 Å². The van der Waals surface area contributed by atoms with Crippen LogP contribution in [0.5, 0.6) is 5.75 Å². The van der Waals surface area contributed by atoms with E-state index < -0.39 is 5.92 Å². The quantitative estimate of drug-likeness (QED) is 0.688. The molecule has 0 aromatic heterocycles. The highest BCUT2D eigenvalue weighted by atomic mass is 79.9. The molecule has 0 bridgehead atoms. The largest absolute Gasteiger partial charge is 0.497 e. The molecule has 3 nitrogen and oxygen atoms in total. The molecule has 0 heterocycles. The lowest BCUT2D eigenvalue weighted by molar-refractivity contribution is 0.0978. The van der Waals surface area contributed by atoms with Gasteiger partial charge in [0.15, 0.2) is 5.78 Å². The first-order chi connectivity index (χ1) is 10.1. The van der Waals surface area contributed by atoms with E-state index in [4.69, 9.17) is 4.74 Å². The molecule has 106 valence electrons. The molecule has 0 aliphatic heterocycles. The van der Waals surface area contributed by atoms with Gasteiger partial charge in [-0.2, -0.15) is 5.26 Å². The lowest BCUT2D eigenvalue weighted by atomic mass is 9.92. The molecule has 1 atom stereocenters. The third-order valence-corrected chi connectivity index (χ3v) is 4.22. The monoisotopic (exact) mass is 407 g/mol. The molecule has 0 fully saturated rings. The number of hydrogen-bond donors (Lipinski definition) is 0. The van der Waals surface area contributed by atoms with Crippen molar-refractivity contribution in [3.63, 3.8) is 0 Å². The van der Waals surface area contributed by atoms with Crippen molar-refractivity contribution >= 4 is 37.6 Å². The van der Waals surface area contributed by atoms with Gasteiger partial charge in [-0.1, -0.05) is 44.0 Å². The highest BCUT2D eigenvalue weighted by Crippen LogP contribution is 2.28. The number of ketones is 1. The molecule has 2 aromatic rings. The van der Waals surface area contributed by atoms with Gasteiger partial charge in [-0.05, 0) is 35.9 Å². The van der Waals surface area contributed by atoms with Crippen molar-refractivity contribution in [2.24, 2.45) is 0 Å². The number of hydrogen-bond acceptors (Lipinski definition) is 3. The third-order valence-electron chi connectivity index (χ3n) is 3.03. The molecule has 2 rings (SSSR count). The van der Waals surface area contributed by atoms with Crippen LogP contribution >= 0.6 is 31.9 Å². The van der Waals surface area contributed by atoms with Gasteiger partial charge in [0, 0.05) is 14.5 Å². The van der Waals surface area contributed by atoms with Crippen molar-refractivity contribution in [3.05, 3.63) is 62.5 Å². The van der Waals surface area contributed by atoms with Crippen molar-refractivity contribution in [2.45, 2.75) is 5.92 Å². The van der Waals surface area contributed by atoms with Crippen LogP contribution in [0.1, 0.15) is 21.8 Å². The first-order valence-corrected chi connectivity index (χ1v) is 7.68. The Labute approximate surface area is 139 Å². The van der Waals surface area contributed by atoms with Gasteiger partial charge in [0.2, 0.25) is 0 Å². The molecule has 0 saturated carbocycles. The average molecular weight is 409 g/mol. The standard InChI is InChI=1S/C16H11Br2NO2/c1-21-12-5-2-10(3-6-12)14(9-19)16(20)13-8-11(17)4-7-15(13)18/h2-8,14H,1H3. The van der Waals surface area contributed by atoms with Crippen molar-refractivity contribution in [3.8, 4) is 11.8 Å². The Kier molecular flexibility index (Phi) is 5.16. The summed E-state index contributed by atoms with van der Waals surface area (Å²) in [6.45, 7) is 0. The summed E-state index contributed by atoms with van der Waals surface area (Å²) in [5.74, 6) is -0.399. The number of rotatable bonds is 4. The number of Topliss-reactive ketones (excluding diaryl/α,β-unsaturated/α-hetero) is 1. The molecule has 0 amide bonds. The molecule has 0 spiro atoms. The Balaban J connectivity index is 2.38. The summed E-state index contributed by atoms with van der Waals surface area (Å²) < 4.78 is 6.54. The fraction of sp³-hybridized carbons (Fsp3) is 0.125. The summed E-state index contributed by atoms with van der Waals surface area (Å²) in [6.07, 6.45) is 0. The topological polar surface area (TPSA) is 50.1 Å². The van der Waals surface area contributed by atoms with Gasteiger partial charge in [0.1, 0.15) is 11.7 Å². The lowest BCUT2D eigenvalue weighted by Gasteiger charge is -2.11. The molecular weight excluding hydrogens is 398 g/mol. The van der Waals surface area contributed by atoms with E-state index in [1.54, 1.807) is 43.5 Å². The zero-order valence-electron chi connectivity index (χ0n) is 11.1. The van der Waals surface area contributed by atoms with E-state index >= 15 is 0 Å². The molecule has 0 N–H and O–H groups in total. The van der Waals surface area contributed by atoms with Crippen molar-refractivity contribution < 1.29 is 9.53 Å². The zero-order valence-corrected chi connectivity index (χ0v) is 14.3. The number of carbonyl (C=O) groups excluding carboxylic acids is 1. The zero-order chi connectivity index (χ0) is 15.4. The molecule has 0 aliphatic rings. The maximum atomic E-state index is 12.6. The minimum absolute atomic E-state index is 0.240. The summed E-state index contributed by atoms with van der Waals surface area (Å²) in [4.78, 5) is 12.6. The van der Waals surface area contributed by atoms with Gasteiger partial charge in [0.05, 0.1) is 13.2 Å². The molecule has 0 aliphatic carbocycles. The SMILES string of the molecule is COc1ccc(C(C#N)C(=O)c2cc(Br)ccc2Br)cc1. The minimum Gasteiger partial charge on any atom is -0.497 e. The van der Waals surface area contributed by atoms with Crippen LogP contribution in [0.25, 0.3) is 0 Å². The van der Waals surface area contributed by atoms with Crippen molar-refractivity contribution in [1.82, 2.24) is 0 Å². The van der Waals surface area contributed by atoms with E-state index in [0.717, 1.165) is 4.47 Å². The predicted octanol–water partition coefficient (Wildman–Crippen LogP) is 4.71. The Morgan fingerprint density at radius 1 is 1.19 bits per heavy atom. The van der Waals surface area contributed by atoms with E-state index in [-0.39, 0.29) is 5.78 Å². The summed E-state index contributed by atoms with van der Waals surface area (Å²) in [7, 11) is 1.57. The van der Waals surface area contributed by atoms with Crippen LogP contribution in [0.15, 0.2) is 51.4 Å². The van der Waals surface area contributed by atoms with Gasteiger partial charge >= 0.3 is 0 Å². The van der Waals surface area contributed by atoms with Crippen LogP contribution < -0.4 is 4.74 Å². The molecule has 2 aromatic carbocycles. The van der Waals surface area contributed by atoms with Crippen LogP contribution in [0.3, 0.4) is 0 Å². The van der Waals surface area contributed by atoms with Crippen molar-refractivity contribution in [1.29, 1.82) is 5.26 Å². The molecule has 5 heteroatoms. The fourth-order valence-electron chi connectivity index (χ4n) is 1.92. The first kappa shape index (κ1) is 15.7. The summed E-state index contributed by atoms with van der Waals surface area (Å²) in [5.41, 5.74) is 1.13. The Bertz CT molecular complexity index is 705. The Morgan fingerprint density at radius 2 is 1.86 bits per heavy atom. The van der Waals surface area contributed by atoms with Gasteiger partial charge in [0.25, 0.3) is 0 Å². The van der Waals surface area contributed by atoms with Gasteiger partial charge < -0.3 is 4.74 Å². The third kappa shape index (κ3) is 3.52. The summed E-state index contributed by atoms with van der Waals surface area (Å²) in [6, 6.07) is 14.3. The molecular formula is C16H11Br2NO2. The minimum atomic E-state index is -0.846. The van der Waals surface area contributed by atoms with Gasteiger partial charge in [-0.25, -0.2) is 0 Å². The van der Waals surface area contributed by atoms with E-state index in [0.29, 0.717) is 21.3 Å². The number of nitrogens with zero attached hydrogens (tertiary/aromatic N) is 1. The van der Waals surface area contributed by atoms with Crippen LogP contribution in [-0.4, -0.2) is 12.9 Å². The maximum absolute atomic E-state index is 12.6. The second kappa shape index (κ2) is 6.88. The van der Waals surface area contributed by atoms with Gasteiger partial charge in [-0.3, -0.25) is 4.79 Å². The highest BCUT2D eigenvalue weighted by molar-refractivity contribution is 9.11. The van der Waals surface area contributed by atoms with Crippen LogP contribution in [0.2, 0.25) is 0 Å². The molecule has 1 unspecified atom stereocenters. The number of methoxy groups -OCH3 is 1. The van der Waals surface area contributed by atoms with E-state index in [1.807, 2.05) is 6.07 Å². The number of benzene rings is 2. The predicted molar refractivity (Wildman–Crippen MR) is 87.5 cm³/mol. The first-order valence-electron chi connectivity index (χ1n) is 6.09. The molecule has 0 saturated heterocycles. The normalized spacial score (nSPS) is 11.5. The number of nitriles is 1. The Hall–Kier alpha value is -1.64. The fourth-order valence-corrected chi connectivity index (χ4v) is 2.73. The summed E-state index contributed by atoms with van der Waals surface area (Å²) >= 11 is 6.69. The number of ether oxygens (including phenoxy) is 1. The smallest absolute Gasteiger partial charge is 0.185 e.